The maximum atomic E-state index is 12.1. The molecule has 126 valence electrons. The maximum absolute atomic E-state index is 12.1. The predicted octanol–water partition coefficient (Wildman–Crippen LogP) is 2.85. The summed E-state index contributed by atoms with van der Waals surface area (Å²) in [7, 11) is 0. The van der Waals surface area contributed by atoms with Crippen LogP contribution in [0.2, 0.25) is 0 Å². The molecule has 1 aliphatic carbocycles. The molecule has 0 bridgehead atoms. The molecular formula is C20H17NO4. The summed E-state index contributed by atoms with van der Waals surface area (Å²) >= 11 is 0. The SMILES string of the molecule is N#Cc1ccc(OCC(=O)OCC(=O)c2ccc3c(c2)CCC3)cc1. The normalized spacial score (nSPS) is 12.1. The molecule has 0 atom stereocenters. The Hall–Kier alpha value is -3.13. The minimum Gasteiger partial charge on any atom is -0.482 e. The number of ether oxygens (including phenoxy) is 2. The monoisotopic (exact) mass is 335 g/mol. The summed E-state index contributed by atoms with van der Waals surface area (Å²) in [6.07, 6.45) is 3.18. The molecule has 1 aliphatic rings. The van der Waals surface area contributed by atoms with E-state index >= 15 is 0 Å². The van der Waals surface area contributed by atoms with E-state index in [2.05, 4.69) is 0 Å². The van der Waals surface area contributed by atoms with Crippen LogP contribution in [-0.4, -0.2) is 25.0 Å². The second-order valence-corrected chi connectivity index (χ2v) is 5.85. The van der Waals surface area contributed by atoms with Gasteiger partial charge in [-0.3, -0.25) is 4.79 Å². The lowest BCUT2D eigenvalue weighted by molar-refractivity contribution is -0.144. The zero-order valence-electron chi connectivity index (χ0n) is 13.7. The molecule has 2 aromatic rings. The third-order valence-electron chi connectivity index (χ3n) is 4.12. The van der Waals surface area contributed by atoms with Crippen molar-refractivity contribution in [2.24, 2.45) is 0 Å². The summed E-state index contributed by atoms with van der Waals surface area (Å²) in [6, 6.07) is 14.0. The molecule has 0 aliphatic heterocycles. The van der Waals surface area contributed by atoms with Crippen molar-refractivity contribution >= 4 is 11.8 Å². The van der Waals surface area contributed by atoms with Crippen molar-refractivity contribution in [3.8, 4) is 11.8 Å². The van der Waals surface area contributed by atoms with Crippen LogP contribution in [0.25, 0.3) is 0 Å². The fourth-order valence-corrected chi connectivity index (χ4v) is 2.78. The van der Waals surface area contributed by atoms with E-state index in [1.54, 1.807) is 30.3 Å². The van der Waals surface area contributed by atoms with Gasteiger partial charge in [0.15, 0.2) is 19.0 Å². The number of rotatable bonds is 6. The average molecular weight is 335 g/mol. The molecule has 0 aromatic heterocycles. The lowest BCUT2D eigenvalue weighted by Crippen LogP contribution is -2.19. The topological polar surface area (TPSA) is 76.4 Å². The number of nitriles is 1. The van der Waals surface area contributed by atoms with Gasteiger partial charge in [-0.05, 0) is 60.7 Å². The highest BCUT2D eigenvalue weighted by molar-refractivity contribution is 5.98. The highest BCUT2D eigenvalue weighted by Crippen LogP contribution is 2.23. The standard InChI is InChI=1S/C20H17NO4/c21-11-14-4-8-18(9-5-14)24-13-20(23)25-12-19(22)17-7-6-15-2-1-3-16(15)10-17/h4-10H,1-3,12-13H2. The molecule has 0 amide bonds. The largest absolute Gasteiger partial charge is 0.482 e. The zero-order valence-corrected chi connectivity index (χ0v) is 13.7. The van der Waals surface area contributed by atoms with E-state index in [0.29, 0.717) is 16.9 Å². The van der Waals surface area contributed by atoms with Crippen LogP contribution in [0.5, 0.6) is 5.75 Å². The number of fused-ring (bicyclic) bond motifs is 1. The first-order valence-corrected chi connectivity index (χ1v) is 8.09. The number of Topliss-reactive ketones (excluding diaryl/α,β-unsaturated/α-hetero) is 1. The summed E-state index contributed by atoms with van der Waals surface area (Å²) < 4.78 is 10.2. The highest BCUT2D eigenvalue weighted by atomic mass is 16.6. The Bertz CT molecular complexity index is 834. The summed E-state index contributed by atoms with van der Waals surface area (Å²) in [4.78, 5) is 23.9. The molecule has 0 spiro atoms. The Labute approximate surface area is 145 Å². The van der Waals surface area contributed by atoms with E-state index in [1.807, 2.05) is 18.2 Å². The molecule has 3 rings (SSSR count). The van der Waals surface area contributed by atoms with Gasteiger partial charge in [0.1, 0.15) is 5.75 Å². The Kier molecular flexibility index (Phi) is 5.10. The van der Waals surface area contributed by atoms with Crippen LogP contribution in [-0.2, 0) is 22.4 Å². The van der Waals surface area contributed by atoms with Gasteiger partial charge in [0.25, 0.3) is 0 Å². The van der Waals surface area contributed by atoms with Gasteiger partial charge in [0, 0.05) is 5.56 Å². The number of hydrogen-bond acceptors (Lipinski definition) is 5. The number of benzene rings is 2. The van der Waals surface area contributed by atoms with Crippen LogP contribution in [0.4, 0.5) is 0 Å². The van der Waals surface area contributed by atoms with E-state index in [-0.39, 0.29) is 19.0 Å². The molecule has 5 heteroatoms. The smallest absolute Gasteiger partial charge is 0.344 e. The molecule has 0 unspecified atom stereocenters. The van der Waals surface area contributed by atoms with Gasteiger partial charge in [0.05, 0.1) is 11.6 Å². The summed E-state index contributed by atoms with van der Waals surface area (Å²) in [5.41, 5.74) is 3.59. The molecular weight excluding hydrogens is 318 g/mol. The summed E-state index contributed by atoms with van der Waals surface area (Å²) in [5.74, 6) is -0.374. The molecule has 2 aromatic carbocycles. The number of hydrogen-bond donors (Lipinski definition) is 0. The number of carbonyl (C=O) groups is 2. The number of aryl methyl sites for hydroxylation is 2. The van der Waals surface area contributed by atoms with Crippen molar-refractivity contribution in [3.05, 3.63) is 64.7 Å². The predicted molar refractivity (Wildman–Crippen MR) is 90.4 cm³/mol. The Balaban J connectivity index is 1.46. The van der Waals surface area contributed by atoms with Crippen LogP contribution >= 0.6 is 0 Å². The first kappa shape index (κ1) is 16.7. The van der Waals surface area contributed by atoms with Crippen LogP contribution in [0.1, 0.15) is 33.5 Å². The Morgan fingerprint density at radius 1 is 1.00 bits per heavy atom. The number of ketones is 1. The quantitative estimate of drug-likeness (QED) is 0.599. The highest BCUT2D eigenvalue weighted by Gasteiger charge is 2.15. The lowest BCUT2D eigenvalue weighted by atomic mass is 10.0. The van der Waals surface area contributed by atoms with E-state index < -0.39 is 5.97 Å². The summed E-state index contributed by atoms with van der Waals surface area (Å²) in [6.45, 7) is -0.586. The van der Waals surface area contributed by atoms with Crippen molar-refractivity contribution in [3.63, 3.8) is 0 Å². The second-order valence-electron chi connectivity index (χ2n) is 5.85. The van der Waals surface area contributed by atoms with Crippen molar-refractivity contribution in [1.29, 1.82) is 5.26 Å². The number of esters is 1. The minimum absolute atomic E-state index is 0.221. The molecule has 0 N–H and O–H groups in total. The van der Waals surface area contributed by atoms with Crippen LogP contribution in [0, 0.1) is 11.3 Å². The third kappa shape index (κ3) is 4.24. The van der Waals surface area contributed by atoms with Crippen molar-refractivity contribution < 1.29 is 19.1 Å². The van der Waals surface area contributed by atoms with Crippen LogP contribution in [0.3, 0.4) is 0 Å². The van der Waals surface area contributed by atoms with E-state index in [9.17, 15) is 9.59 Å². The van der Waals surface area contributed by atoms with Crippen molar-refractivity contribution in [2.45, 2.75) is 19.3 Å². The molecule has 0 saturated heterocycles. The molecule has 0 heterocycles. The van der Waals surface area contributed by atoms with E-state index in [4.69, 9.17) is 14.7 Å². The van der Waals surface area contributed by atoms with Gasteiger partial charge in [-0.15, -0.1) is 0 Å². The fourth-order valence-electron chi connectivity index (χ4n) is 2.78. The zero-order chi connectivity index (χ0) is 17.6. The van der Waals surface area contributed by atoms with Crippen LogP contribution in [0.15, 0.2) is 42.5 Å². The Morgan fingerprint density at radius 2 is 1.76 bits per heavy atom. The van der Waals surface area contributed by atoms with E-state index in [0.717, 1.165) is 19.3 Å². The molecule has 0 fully saturated rings. The van der Waals surface area contributed by atoms with Gasteiger partial charge < -0.3 is 9.47 Å². The number of carbonyl (C=O) groups excluding carboxylic acids is 2. The van der Waals surface area contributed by atoms with Crippen molar-refractivity contribution in [2.75, 3.05) is 13.2 Å². The first-order valence-electron chi connectivity index (χ1n) is 8.09. The van der Waals surface area contributed by atoms with Gasteiger partial charge in [-0.2, -0.15) is 5.26 Å². The van der Waals surface area contributed by atoms with Gasteiger partial charge in [0.2, 0.25) is 0 Å². The number of nitrogens with zero attached hydrogens (tertiary/aromatic N) is 1. The average Bonchev–Trinajstić information content (AvgIpc) is 3.12. The molecule has 0 saturated carbocycles. The first-order chi connectivity index (χ1) is 12.2. The minimum atomic E-state index is -0.612. The fraction of sp³-hybridized carbons (Fsp3) is 0.250. The molecule has 25 heavy (non-hydrogen) atoms. The van der Waals surface area contributed by atoms with Gasteiger partial charge in [-0.25, -0.2) is 4.79 Å². The van der Waals surface area contributed by atoms with Crippen LogP contribution < -0.4 is 4.74 Å². The summed E-state index contributed by atoms with van der Waals surface area (Å²) in [5, 5.41) is 8.72. The molecule has 5 nitrogen and oxygen atoms in total. The van der Waals surface area contributed by atoms with E-state index in [1.165, 1.54) is 11.1 Å². The lowest BCUT2D eigenvalue weighted by Gasteiger charge is -2.07. The Morgan fingerprint density at radius 3 is 2.52 bits per heavy atom. The molecule has 0 radical (unpaired) electrons. The maximum Gasteiger partial charge on any atom is 0.344 e. The van der Waals surface area contributed by atoms with Gasteiger partial charge in [-0.1, -0.05) is 12.1 Å². The second kappa shape index (κ2) is 7.63. The van der Waals surface area contributed by atoms with Gasteiger partial charge >= 0.3 is 5.97 Å². The third-order valence-corrected chi connectivity index (χ3v) is 4.12. The van der Waals surface area contributed by atoms with Crippen molar-refractivity contribution in [1.82, 2.24) is 0 Å².